The summed E-state index contributed by atoms with van der Waals surface area (Å²) in [5, 5.41) is 3.52. The molecular formula is C15H20F2N2. The lowest BCUT2D eigenvalue weighted by Crippen LogP contribution is -2.40. The van der Waals surface area contributed by atoms with Gasteiger partial charge in [-0.1, -0.05) is 6.07 Å². The van der Waals surface area contributed by atoms with E-state index in [1.807, 2.05) is 6.92 Å². The number of nitrogens with one attached hydrogen (secondary N) is 1. The Kier molecular flexibility index (Phi) is 3.54. The van der Waals surface area contributed by atoms with Crippen LogP contribution in [0, 0.1) is 17.6 Å². The zero-order chi connectivity index (χ0) is 13.4. The van der Waals surface area contributed by atoms with Crippen molar-refractivity contribution in [1.29, 1.82) is 0 Å². The fraction of sp³-hybridized carbons (Fsp3) is 0.600. The van der Waals surface area contributed by atoms with Crippen LogP contribution in [0.15, 0.2) is 18.2 Å². The minimum atomic E-state index is -0.435. The fourth-order valence-electron chi connectivity index (χ4n) is 3.49. The maximum atomic E-state index is 13.8. The SMILES string of the molecule is CC(c1c(F)cccc1F)N1C[C@@H]2CCCN[C@@H]2C1. The predicted molar refractivity (Wildman–Crippen MR) is 70.9 cm³/mol. The van der Waals surface area contributed by atoms with Crippen LogP contribution in [0.1, 0.15) is 31.4 Å². The van der Waals surface area contributed by atoms with E-state index in [9.17, 15) is 8.78 Å². The van der Waals surface area contributed by atoms with Gasteiger partial charge in [0.1, 0.15) is 11.6 Å². The highest BCUT2D eigenvalue weighted by Gasteiger charge is 2.37. The lowest BCUT2D eigenvalue weighted by molar-refractivity contribution is 0.240. The third kappa shape index (κ3) is 2.39. The zero-order valence-corrected chi connectivity index (χ0v) is 11.2. The molecule has 1 aromatic carbocycles. The summed E-state index contributed by atoms with van der Waals surface area (Å²) in [6.07, 6.45) is 2.43. The first-order valence-electron chi connectivity index (χ1n) is 7.08. The molecule has 2 fully saturated rings. The van der Waals surface area contributed by atoms with Gasteiger partial charge in [0.2, 0.25) is 0 Å². The van der Waals surface area contributed by atoms with Gasteiger partial charge in [-0.05, 0) is 44.4 Å². The molecular weight excluding hydrogens is 246 g/mol. The topological polar surface area (TPSA) is 15.3 Å². The van der Waals surface area contributed by atoms with Gasteiger partial charge in [0.05, 0.1) is 0 Å². The molecule has 104 valence electrons. The maximum absolute atomic E-state index is 13.8. The van der Waals surface area contributed by atoms with E-state index >= 15 is 0 Å². The molecule has 19 heavy (non-hydrogen) atoms. The zero-order valence-electron chi connectivity index (χ0n) is 11.2. The van der Waals surface area contributed by atoms with Crippen molar-refractivity contribution < 1.29 is 8.78 Å². The van der Waals surface area contributed by atoms with Crippen molar-refractivity contribution in [2.45, 2.75) is 31.8 Å². The van der Waals surface area contributed by atoms with E-state index in [1.54, 1.807) is 0 Å². The second-order valence-electron chi connectivity index (χ2n) is 5.73. The van der Waals surface area contributed by atoms with Gasteiger partial charge in [-0.15, -0.1) is 0 Å². The van der Waals surface area contributed by atoms with Crippen molar-refractivity contribution >= 4 is 0 Å². The van der Waals surface area contributed by atoms with E-state index in [0.29, 0.717) is 12.0 Å². The van der Waals surface area contributed by atoms with Crippen molar-refractivity contribution in [1.82, 2.24) is 10.2 Å². The fourth-order valence-corrected chi connectivity index (χ4v) is 3.49. The minimum absolute atomic E-state index is 0.200. The summed E-state index contributed by atoms with van der Waals surface area (Å²) in [6, 6.07) is 4.40. The highest BCUT2D eigenvalue weighted by Crippen LogP contribution is 2.33. The van der Waals surface area contributed by atoms with Crippen molar-refractivity contribution in [3.63, 3.8) is 0 Å². The lowest BCUT2D eigenvalue weighted by Gasteiger charge is -2.25. The number of hydrogen-bond acceptors (Lipinski definition) is 2. The van der Waals surface area contributed by atoms with E-state index < -0.39 is 11.6 Å². The molecule has 2 heterocycles. The smallest absolute Gasteiger partial charge is 0.130 e. The molecule has 0 radical (unpaired) electrons. The van der Waals surface area contributed by atoms with Gasteiger partial charge in [0.25, 0.3) is 0 Å². The summed E-state index contributed by atoms with van der Waals surface area (Å²) >= 11 is 0. The molecule has 0 amide bonds. The number of halogens is 2. The van der Waals surface area contributed by atoms with E-state index in [4.69, 9.17) is 0 Å². The summed E-state index contributed by atoms with van der Waals surface area (Å²) in [4.78, 5) is 2.20. The van der Waals surface area contributed by atoms with Crippen LogP contribution in [0.25, 0.3) is 0 Å². The first-order valence-corrected chi connectivity index (χ1v) is 7.08. The average Bonchev–Trinajstić information content (AvgIpc) is 2.82. The number of rotatable bonds is 2. The molecule has 0 aliphatic carbocycles. The van der Waals surface area contributed by atoms with Crippen LogP contribution in [0.5, 0.6) is 0 Å². The highest BCUT2D eigenvalue weighted by atomic mass is 19.1. The number of nitrogens with zero attached hydrogens (tertiary/aromatic N) is 1. The Morgan fingerprint density at radius 1 is 1.26 bits per heavy atom. The Bertz CT molecular complexity index is 429. The van der Waals surface area contributed by atoms with Crippen molar-refractivity contribution in [2.24, 2.45) is 5.92 Å². The molecule has 0 bridgehead atoms. The van der Waals surface area contributed by atoms with Gasteiger partial charge in [-0.2, -0.15) is 0 Å². The Hall–Kier alpha value is -1.00. The van der Waals surface area contributed by atoms with Gasteiger partial charge in [0.15, 0.2) is 0 Å². The lowest BCUT2D eigenvalue weighted by atomic mass is 9.94. The Morgan fingerprint density at radius 2 is 2.00 bits per heavy atom. The van der Waals surface area contributed by atoms with Crippen molar-refractivity contribution in [2.75, 3.05) is 19.6 Å². The second-order valence-corrected chi connectivity index (χ2v) is 5.73. The first kappa shape index (κ1) is 13.0. The molecule has 1 aromatic rings. The van der Waals surface area contributed by atoms with Gasteiger partial charge >= 0.3 is 0 Å². The highest BCUT2D eigenvalue weighted by molar-refractivity contribution is 5.23. The molecule has 1 N–H and O–H groups in total. The van der Waals surface area contributed by atoms with Crippen LogP contribution in [0.3, 0.4) is 0 Å². The average molecular weight is 266 g/mol. The summed E-state index contributed by atoms with van der Waals surface area (Å²) < 4.78 is 27.7. The Morgan fingerprint density at radius 3 is 2.68 bits per heavy atom. The molecule has 3 atom stereocenters. The standard InChI is InChI=1S/C15H20F2N2/c1-10(15-12(16)5-2-6-13(15)17)19-8-11-4-3-7-18-14(11)9-19/h2,5-6,10-11,14,18H,3-4,7-9H2,1H3/t10?,11-,14+/m0/s1. The van der Waals surface area contributed by atoms with Gasteiger partial charge in [-0.3, -0.25) is 4.90 Å². The molecule has 0 spiro atoms. The number of hydrogen-bond donors (Lipinski definition) is 1. The van der Waals surface area contributed by atoms with E-state index in [2.05, 4.69) is 10.2 Å². The molecule has 0 aromatic heterocycles. The molecule has 3 rings (SSSR count). The first-order chi connectivity index (χ1) is 9.16. The van der Waals surface area contributed by atoms with E-state index in [1.165, 1.54) is 31.0 Å². The third-order valence-corrected chi connectivity index (χ3v) is 4.59. The van der Waals surface area contributed by atoms with E-state index in [0.717, 1.165) is 19.6 Å². The van der Waals surface area contributed by atoms with Crippen LogP contribution < -0.4 is 5.32 Å². The van der Waals surface area contributed by atoms with Gasteiger partial charge < -0.3 is 5.32 Å². The van der Waals surface area contributed by atoms with Gasteiger partial charge in [-0.25, -0.2) is 8.78 Å². The molecule has 2 nitrogen and oxygen atoms in total. The van der Waals surface area contributed by atoms with Crippen LogP contribution >= 0.6 is 0 Å². The molecule has 2 aliphatic heterocycles. The quantitative estimate of drug-likeness (QED) is 0.885. The van der Waals surface area contributed by atoms with Crippen molar-refractivity contribution in [3.8, 4) is 0 Å². The number of fused-ring (bicyclic) bond motifs is 1. The molecule has 4 heteroatoms. The maximum Gasteiger partial charge on any atom is 0.130 e. The van der Waals surface area contributed by atoms with Crippen LogP contribution in [-0.4, -0.2) is 30.6 Å². The summed E-state index contributed by atoms with van der Waals surface area (Å²) in [5.74, 6) is -0.239. The Balaban J connectivity index is 1.79. The molecule has 0 saturated carbocycles. The second kappa shape index (κ2) is 5.17. The Labute approximate surface area is 112 Å². The monoisotopic (exact) mass is 266 g/mol. The number of benzene rings is 1. The summed E-state index contributed by atoms with van der Waals surface area (Å²) in [5.41, 5.74) is 0.209. The van der Waals surface area contributed by atoms with E-state index in [-0.39, 0.29) is 11.6 Å². The van der Waals surface area contributed by atoms with Crippen molar-refractivity contribution in [3.05, 3.63) is 35.4 Å². The van der Waals surface area contributed by atoms with Crippen LogP contribution in [0.4, 0.5) is 8.78 Å². The molecule has 2 saturated heterocycles. The summed E-state index contributed by atoms with van der Waals surface area (Å²) in [7, 11) is 0. The minimum Gasteiger partial charge on any atom is -0.312 e. The third-order valence-electron chi connectivity index (χ3n) is 4.59. The normalized spacial score (nSPS) is 29.2. The predicted octanol–water partition coefficient (Wildman–Crippen LogP) is 2.71. The number of likely N-dealkylation sites (tertiary alicyclic amines) is 1. The van der Waals surface area contributed by atoms with Crippen LogP contribution in [-0.2, 0) is 0 Å². The molecule has 2 aliphatic rings. The van der Waals surface area contributed by atoms with Crippen LogP contribution in [0.2, 0.25) is 0 Å². The van der Waals surface area contributed by atoms with Gasteiger partial charge in [0, 0.05) is 30.7 Å². The number of piperidine rings is 1. The molecule has 1 unspecified atom stereocenters. The largest absolute Gasteiger partial charge is 0.312 e. The summed E-state index contributed by atoms with van der Waals surface area (Å²) in [6.45, 7) is 4.79.